The normalized spacial score (nSPS) is 11.4. The van der Waals surface area contributed by atoms with Crippen molar-refractivity contribution in [2.45, 2.75) is 48.3 Å². The summed E-state index contributed by atoms with van der Waals surface area (Å²) in [4.78, 5) is 0.422. The molecule has 0 aliphatic rings. The Bertz CT molecular complexity index is 737. The van der Waals surface area contributed by atoms with Crippen molar-refractivity contribution in [3.63, 3.8) is 0 Å². The van der Waals surface area contributed by atoms with E-state index in [0.717, 1.165) is 38.5 Å². The van der Waals surface area contributed by atoms with Gasteiger partial charge in [-0.15, -0.1) is 0 Å². The molecule has 29 heavy (non-hydrogen) atoms. The van der Waals surface area contributed by atoms with E-state index < -0.39 is 9.84 Å². The molecule has 0 amide bonds. The first-order valence-electron chi connectivity index (χ1n) is 10.0. The van der Waals surface area contributed by atoms with Crippen LogP contribution in [-0.2, 0) is 9.84 Å². The Hall–Kier alpha value is -2.09. The predicted molar refractivity (Wildman–Crippen MR) is 111 cm³/mol. The number of hydrogen-bond acceptors (Lipinski definition) is 6. The van der Waals surface area contributed by atoms with Gasteiger partial charge in [0.2, 0.25) is 9.84 Å². The fourth-order valence-electron chi connectivity index (χ4n) is 2.73. The Morgan fingerprint density at radius 2 is 0.966 bits per heavy atom. The van der Waals surface area contributed by atoms with Gasteiger partial charge in [0.1, 0.15) is 11.5 Å². The summed E-state index contributed by atoms with van der Waals surface area (Å²) < 4.78 is 36.8. The summed E-state index contributed by atoms with van der Waals surface area (Å²) in [7, 11) is -3.60. The summed E-state index contributed by atoms with van der Waals surface area (Å²) in [5, 5.41) is 17.5. The molecule has 2 aromatic carbocycles. The topological polar surface area (TPSA) is 93.1 Å². The minimum Gasteiger partial charge on any atom is -0.494 e. The van der Waals surface area contributed by atoms with E-state index in [2.05, 4.69) is 0 Å². The van der Waals surface area contributed by atoms with E-state index in [1.54, 1.807) is 48.5 Å². The number of ether oxygens (including phenoxy) is 2. The van der Waals surface area contributed by atoms with Gasteiger partial charge in [0.15, 0.2) is 0 Å². The Labute approximate surface area is 173 Å². The van der Waals surface area contributed by atoms with Crippen LogP contribution in [0.3, 0.4) is 0 Å². The van der Waals surface area contributed by atoms with Crippen molar-refractivity contribution < 1.29 is 28.1 Å². The molecule has 0 radical (unpaired) electrons. The first-order valence-corrected chi connectivity index (χ1v) is 11.5. The van der Waals surface area contributed by atoms with Crippen LogP contribution in [0.25, 0.3) is 0 Å². The number of sulfone groups is 1. The van der Waals surface area contributed by atoms with Crippen LogP contribution in [-0.4, -0.2) is 45.1 Å². The lowest BCUT2D eigenvalue weighted by molar-refractivity contribution is 0.265. The molecule has 0 saturated heterocycles. The molecule has 0 heterocycles. The number of benzene rings is 2. The molecule has 0 saturated carbocycles. The van der Waals surface area contributed by atoms with Gasteiger partial charge in [0, 0.05) is 13.2 Å². The quantitative estimate of drug-likeness (QED) is 0.452. The van der Waals surface area contributed by atoms with Crippen LogP contribution in [0.15, 0.2) is 58.3 Å². The zero-order valence-electron chi connectivity index (χ0n) is 16.6. The first-order chi connectivity index (χ1) is 14.1. The number of unbranched alkanes of at least 4 members (excludes halogenated alkanes) is 4. The van der Waals surface area contributed by atoms with E-state index in [9.17, 15) is 8.42 Å². The van der Waals surface area contributed by atoms with Gasteiger partial charge in [-0.2, -0.15) is 0 Å². The van der Waals surface area contributed by atoms with Crippen molar-refractivity contribution in [1.82, 2.24) is 0 Å². The summed E-state index contributed by atoms with van der Waals surface area (Å²) in [6, 6.07) is 12.8. The predicted octanol–water partition coefficient (Wildman–Crippen LogP) is 3.60. The summed E-state index contributed by atoms with van der Waals surface area (Å²) in [5.41, 5.74) is 0. The highest BCUT2D eigenvalue weighted by Crippen LogP contribution is 2.25. The Balaban J connectivity index is 1.90. The molecule has 2 rings (SSSR count). The number of aliphatic hydroxyl groups is 2. The lowest BCUT2D eigenvalue weighted by Crippen LogP contribution is -2.03. The largest absolute Gasteiger partial charge is 0.494 e. The third kappa shape index (κ3) is 7.68. The molecule has 0 aliphatic heterocycles. The number of hydrogen-bond donors (Lipinski definition) is 2. The lowest BCUT2D eigenvalue weighted by atomic mass is 10.2. The fourth-order valence-corrected chi connectivity index (χ4v) is 3.99. The van der Waals surface area contributed by atoms with E-state index in [4.69, 9.17) is 19.7 Å². The SMILES string of the molecule is O=S(=O)(c1ccc(OCCCCCO)cc1)c1ccc(OCCCCCO)cc1. The molecule has 160 valence electrons. The van der Waals surface area contributed by atoms with Crippen LogP contribution in [0.4, 0.5) is 0 Å². The molecule has 6 nitrogen and oxygen atoms in total. The summed E-state index contributed by atoms with van der Waals surface area (Å²) in [6.45, 7) is 1.44. The molecule has 0 aromatic heterocycles. The van der Waals surface area contributed by atoms with Gasteiger partial charge < -0.3 is 19.7 Å². The van der Waals surface area contributed by atoms with E-state index in [-0.39, 0.29) is 23.0 Å². The number of aliphatic hydroxyl groups excluding tert-OH is 2. The molecule has 0 unspecified atom stereocenters. The molecule has 2 aromatic rings. The van der Waals surface area contributed by atoms with Gasteiger partial charge in [-0.3, -0.25) is 0 Å². The fraction of sp³-hybridized carbons (Fsp3) is 0.455. The molecular formula is C22H30O6S. The third-order valence-corrected chi connectivity index (χ3v) is 6.20. The highest BCUT2D eigenvalue weighted by Gasteiger charge is 2.17. The maximum atomic E-state index is 12.8. The van der Waals surface area contributed by atoms with E-state index in [1.165, 1.54) is 0 Å². The van der Waals surface area contributed by atoms with Crippen LogP contribution < -0.4 is 9.47 Å². The zero-order valence-corrected chi connectivity index (χ0v) is 17.4. The van der Waals surface area contributed by atoms with Crippen LogP contribution in [0.2, 0.25) is 0 Å². The zero-order chi connectivity index (χ0) is 21.0. The van der Waals surface area contributed by atoms with Crippen molar-refractivity contribution in [2.75, 3.05) is 26.4 Å². The maximum absolute atomic E-state index is 12.8. The van der Waals surface area contributed by atoms with Gasteiger partial charge in [0.05, 0.1) is 23.0 Å². The van der Waals surface area contributed by atoms with Gasteiger partial charge in [0.25, 0.3) is 0 Å². The minimum absolute atomic E-state index is 0.185. The van der Waals surface area contributed by atoms with E-state index in [0.29, 0.717) is 24.7 Å². The van der Waals surface area contributed by atoms with E-state index in [1.807, 2.05) is 0 Å². The smallest absolute Gasteiger partial charge is 0.206 e. The van der Waals surface area contributed by atoms with Crippen LogP contribution in [0, 0.1) is 0 Å². The molecule has 0 atom stereocenters. The molecule has 0 spiro atoms. The summed E-state index contributed by atoms with van der Waals surface area (Å²) in [6.07, 6.45) is 4.99. The molecule has 2 N–H and O–H groups in total. The molecule has 0 bridgehead atoms. The van der Waals surface area contributed by atoms with Crippen LogP contribution in [0.1, 0.15) is 38.5 Å². The van der Waals surface area contributed by atoms with Crippen molar-refractivity contribution in [2.24, 2.45) is 0 Å². The highest BCUT2D eigenvalue weighted by atomic mass is 32.2. The second-order valence-corrected chi connectivity index (χ2v) is 8.66. The van der Waals surface area contributed by atoms with Crippen molar-refractivity contribution >= 4 is 9.84 Å². The molecule has 0 aliphatic carbocycles. The maximum Gasteiger partial charge on any atom is 0.206 e. The Kier molecular flexibility index (Phi) is 9.97. The standard InChI is InChI=1S/C22H30O6S/c23-15-3-1-5-17-27-19-7-11-21(12-8-19)29(25,26)22-13-9-20(10-14-22)28-18-6-2-4-16-24/h7-14,23-24H,1-6,15-18H2. The lowest BCUT2D eigenvalue weighted by Gasteiger charge is -2.09. The van der Waals surface area contributed by atoms with Gasteiger partial charge in [-0.1, -0.05) is 0 Å². The Morgan fingerprint density at radius 3 is 1.31 bits per heavy atom. The summed E-state index contributed by atoms with van der Waals surface area (Å²) >= 11 is 0. The second kappa shape index (κ2) is 12.5. The van der Waals surface area contributed by atoms with E-state index >= 15 is 0 Å². The third-order valence-electron chi connectivity index (χ3n) is 4.41. The van der Waals surface area contributed by atoms with Crippen LogP contribution >= 0.6 is 0 Å². The summed E-state index contributed by atoms with van der Waals surface area (Å²) in [5.74, 6) is 1.25. The van der Waals surface area contributed by atoms with Crippen molar-refractivity contribution in [3.8, 4) is 11.5 Å². The monoisotopic (exact) mass is 422 g/mol. The van der Waals surface area contributed by atoms with Gasteiger partial charge >= 0.3 is 0 Å². The number of rotatable bonds is 14. The Morgan fingerprint density at radius 1 is 0.586 bits per heavy atom. The van der Waals surface area contributed by atoms with Crippen molar-refractivity contribution in [1.29, 1.82) is 0 Å². The van der Waals surface area contributed by atoms with Gasteiger partial charge in [-0.25, -0.2) is 8.42 Å². The highest BCUT2D eigenvalue weighted by molar-refractivity contribution is 7.91. The second-order valence-electron chi connectivity index (χ2n) is 6.71. The molecule has 0 fully saturated rings. The minimum atomic E-state index is -3.60. The molecule has 7 heteroatoms. The van der Waals surface area contributed by atoms with Crippen molar-refractivity contribution in [3.05, 3.63) is 48.5 Å². The first kappa shape index (κ1) is 23.2. The average Bonchev–Trinajstić information content (AvgIpc) is 2.74. The van der Waals surface area contributed by atoms with Crippen LogP contribution in [0.5, 0.6) is 11.5 Å². The van der Waals surface area contributed by atoms with Gasteiger partial charge in [-0.05, 0) is 87.1 Å². The average molecular weight is 423 g/mol. The molecular weight excluding hydrogens is 392 g/mol.